The van der Waals surface area contributed by atoms with Crippen LogP contribution in [0.25, 0.3) is 0 Å². The van der Waals surface area contributed by atoms with Crippen molar-refractivity contribution in [2.45, 2.75) is 67.7 Å². The molecule has 1 rings (SSSR count). The normalized spacial score (nSPS) is 33.5. The second-order valence-electron chi connectivity index (χ2n) is 7.32. The molecule has 6 atom stereocenters. The van der Waals surface area contributed by atoms with Crippen LogP contribution in [0.1, 0.15) is 67.7 Å². The third-order valence-corrected chi connectivity index (χ3v) is 5.33. The fourth-order valence-electron chi connectivity index (χ4n) is 3.94. The molecule has 0 aromatic carbocycles. The lowest BCUT2D eigenvalue weighted by molar-refractivity contribution is 0.302. The Morgan fingerprint density at radius 3 is 2.06 bits per heavy atom. The molecule has 0 radical (unpaired) electrons. The lowest BCUT2D eigenvalue weighted by Crippen LogP contribution is -2.11. The van der Waals surface area contributed by atoms with Gasteiger partial charge in [0.25, 0.3) is 0 Å². The summed E-state index contributed by atoms with van der Waals surface area (Å²) in [7, 11) is 0. The van der Waals surface area contributed by atoms with E-state index in [1.165, 1.54) is 19.3 Å². The molecule has 0 aromatic heterocycles. The van der Waals surface area contributed by atoms with Crippen LogP contribution in [0.15, 0.2) is 0 Å². The molecular formula is C17H34. The van der Waals surface area contributed by atoms with E-state index in [4.69, 9.17) is 0 Å². The van der Waals surface area contributed by atoms with Crippen LogP contribution in [0.4, 0.5) is 0 Å². The van der Waals surface area contributed by atoms with Crippen molar-refractivity contribution in [2.24, 2.45) is 41.4 Å². The minimum Gasteiger partial charge on any atom is -0.0651 e. The molecule has 0 bridgehead atoms. The molecule has 0 amide bonds. The minimum atomic E-state index is 0.865. The van der Waals surface area contributed by atoms with Gasteiger partial charge in [-0.05, 0) is 54.3 Å². The first-order chi connectivity index (χ1) is 7.88. The first-order valence-corrected chi connectivity index (χ1v) is 7.88. The highest BCUT2D eigenvalue weighted by Crippen LogP contribution is 2.56. The molecule has 1 aliphatic carbocycles. The van der Waals surface area contributed by atoms with Crippen molar-refractivity contribution in [2.75, 3.05) is 0 Å². The largest absolute Gasteiger partial charge is 0.0651 e. The first kappa shape index (κ1) is 15.1. The second kappa shape index (κ2) is 6.25. The summed E-state index contributed by atoms with van der Waals surface area (Å²) in [6.45, 7) is 16.9. The smallest absolute Gasteiger partial charge is 0.0326 e. The van der Waals surface area contributed by atoms with Crippen molar-refractivity contribution >= 4 is 0 Å². The van der Waals surface area contributed by atoms with Gasteiger partial charge >= 0.3 is 0 Å². The average Bonchev–Trinajstić information content (AvgIpc) is 2.85. The standard InChI is InChI=1S/C17H34/c1-8-13(5)14(6)17-15(7)16(17)10-12(4)9-11(2)3/h11-17H,8-10H2,1-7H3. The van der Waals surface area contributed by atoms with E-state index >= 15 is 0 Å². The Hall–Kier alpha value is 0. The average molecular weight is 238 g/mol. The molecule has 0 saturated heterocycles. The molecule has 1 aliphatic rings. The summed E-state index contributed by atoms with van der Waals surface area (Å²) in [6.07, 6.45) is 4.23. The van der Waals surface area contributed by atoms with Gasteiger partial charge in [-0.3, -0.25) is 0 Å². The molecule has 1 fully saturated rings. The van der Waals surface area contributed by atoms with E-state index in [0.717, 1.165) is 41.4 Å². The van der Waals surface area contributed by atoms with Gasteiger partial charge in [-0.25, -0.2) is 0 Å². The van der Waals surface area contributed by atoms with E-state index in [9.17, 15) is 0 Å². The zero-order valence-electron chi connectivity index (χ0n) is 13.2. The predicted molar refractivity (Wildman–Crippen MR) is 78.0 cm³/mol. The van der Waals surface area contributed by atoms with Crippen LogP contribution in [0.2, 0.25) is 0 Å². The lowest BCUT2D eigenvalue weighted by Gasteiger charge is -2.19. The van der Waals surface area contributed by atoms with E-state index in [0.29, 0.717) is 0 Å². The van der Waals surface area contributed by atoms with Crippen LogP contribution in [-0.4, -0.2) is 0 Å². The van der Waals surface area contributed by atoms with E-state index in [1.54, 1.807) is 0 Å². The summed E-state index contributed by atoms with van der Waals surface area (Å²) >= 11 is 0. The summed E-state index contributed by atoms with van der Waals surface area (Å²) in [6, 6.07) is 0. The summed E-state index contributed by atoms with van der Waals surface area (Å²) in [5, 5.41) is 0. The molecule has 102 valence electrons. The maximum atomic E-state index is 2.49. The summed E-state index contributed by atoms with van der Waals surface area (Å²) < 4.78 is 0. The van der Waals surface area contributed by atoms with E-state index in [-0.39, 0.29) is 0 Å². The molecule has 0 spiro atoms. The van der Waals surface area contributed by atoms with Crippen LogP contribution >= 0.6 is 0 Å². The van der Waals surface area contributed by atoms with Crippen molar-refractivity contribution in [3.63, 3.8) is 0 Å². The monoisotopic (exact) mass is 238 g/mol. The zero-order chi connectivity index (χ0) is 13.2. The Kier molecular flexibility index (Phi) is 5.54. The van der Waals surface area contributed by atoms with Gasteiger partial charge in [0.15, 0.2) is 0 Å². The van der Waals surface area contributed by atoms with Crippen molar-refractivity contribution in [1.29, 1.82) is 0 Å². The van der Waals surface area contributed by atoms with Crippen molar-refractivity contribution < 1.29 is 0 Å². The van der Waals surface area contributed by atoms with Crippen LogP contribution < -0.4 is 0 Å². The van der Waals surface area contributed by atoms with Crippen LogP contribution in [-0.2, 0) is 0 Å². The van der Waals surface area contributed by atoms with E-state index in [1.807, 2.05) is 0 Å². The zero-order valence-corrected chi connectivity index (χ0v) is 13.2. The molecule has 0 nitrogen and oxygen atoms in total. The molecule has 0 aromatic rings. The first-order valence-electron chi connectivity index (χ1n) is 7.88. The molecule has 0 aliphatic heterocycles. The summed E-state index contributed by atoms with van der Waals surface area (Å²) in [4.78, 5) is 0. The van der Waals surface area contributed by atoms with Gasteiger partial charge in [0.2, 0.25) is 0 Å². The van der Waals surface area contributed by atoms with Gasteiger partial charge in [0.1, 0.15) is 0 Å². The quantitative estimate of drug-likeness (QED) is 0.540. The van der Waals surface area contributed by atoms with E-state index < -0.39 is 0 Å². The predicted octanol–water partition coefficient (Wildman–Crippen LogP) is 5.62. The van der Waals surface area contributed by atoms with Crippen LogP contribution in [0, 0.1) is 41.4 Å². The highest BCUT2D eigenvalue weighted by atomic mass is 14.5. The molecule has 17 heavy (non-hydrogen) atoms. The molecular weight excluding hydrogens is 204 g/mol. The fourth-order valence-corrected chi connectivity index (χ4v) is 3.94. The van der Waals surface area contributed by atoms with Gasteiger partial charge in [-0.1, -0.05) is 54.9 Å². The molecule has 0 heterocycles. The third kappa shape index (κ3) is 4.00. The molecule has 6 unspecified atom stereocenters. The van der Waals surface area contributed by atoms with Gasteiger partial charge in [-0.2, -0.15) is 0 Å². The maximum Gasteiger partial charge on any atom is -0.0326 e. The highest BCUT2D eigenvalue weighted by Gasteiger charge is 2.50. The third-order valence-electron chi connectivity index (χ3n) is 5.33. The Bertz CT molecular complexity index is 218. The fraction of sp³-hybridized carbons (Fsp3) is 1.00. The van der Waals surface area contributed by atoms with Crippen molar-refractivity contribution in [3.8, 4) is 0 Å². The highest BCUT2D eigenvalue weighted by molar-refractivity contribution is 4.98. The van der Waals surface area contributed by atoms with Crippen LogP contribution in [0.5, 0.6) is 0 Å². The minimum absolute atomic E-state index is 0.865. The molecule has 1 saturated carbocycles. The lowest BCUT2D eigenvalue weighted by atomic mass is 9.86. The summed E-state index contributed by atoms with van der Waals surface area (Å²) in [5.41, 5.74) is 0. The number of rotatable bonds is 7. The Labute approximate surface area is 110 Å². The maximum absolute atomic E-state index is 2.49. The van der Waals surface area contributed by atoms with Gasteiger partial charge < -0.3 is 0 Å². The van der Waals surface area contributed by atoms with Gasteiger partial charge in [-0.15, -0.1) is 0 Å². The number of hydrogen-bond acceptors (Lipinski definition) is 0. The van der Waals surface area contributed by atoms with Crippen molar-refractivity contribution in [3.05, 3.63) is 0 Å². The van der Waals surface area contributed by atoms with Crippen LogP contribution in [0.3, 0.4) is 0 Å². The molecule has 0 heteroatoms. The van der Waals surface area contributed by atoms with Gasteiger partial charge in [0, 0.05) is 0 Å². The van der Waals surface area contributed by atoms with Gasteiger partial charge in [0.05, 0.1) is 0 Å². The Morgan fingerprint density at radius 2 is 1.59 bits per heavy atom. The molecule has 0 N–H and O–H groups in total. The summed E-state index contributed by atoms with van der Waals surface area (Å²) in [5.74, 6) is 6.70. The Balaban J connectivity index is 2.38. The Morgan fingerprint density at radius 1 is 1.00 bits per heavy atom. The van der Waals surface area contributed by atoms with E-state index in [2.05, 4.69) is 48.5 Å². The second-order valence-corrected chi connectivity index (χ2v) is 7.32. The SMILES string of the molecule is CCC(C)C(C)C1C(C)C1CC(C)CC(C)C. The number of hydrogen-bond donors (Lipinski definition) is 0. The topological polar surface area (TPSA) is 0 Å². The van der Waals surface area contributed by atoms with Crippen molar-refractivity contribution in [1.82, 2.24) is 0 Å².